The number of carbonyl (C=O) groups excluding carboxylic acids is 1. The maximum Gasteiger partial charge on any atom is 0.243 e. The van der Waals surface area contributed by atoms with Gasteiger partial charge in [0.05, 0.1) is 6.07 Å². The number of ether oxygens (including phenoxy) is 1. The first kappa shape index (κ1) is 17.7. The van der Waals surface area contributed by atoms with Gasteiger partial charge >= 0.3 is 0 Å². The van der Waals surface area contributed by atoms with Crippen molar-refractivity contribution in [2.24, 2.45) is 17.1 Å². The SMILES string of the molecule is N#CC1(C(=O)N2CCC(N)CC2)CCN(CC2CCOCC2)CC1. The van der Waals surface area contributed by atoms with Crippen LogP contribution in [0.2, 0.25) is 0 Å². The van der Waals surface area contributed by atoms with Crippen LogP contribution in [-0.2, 0) is 9.53 Å². The molecule has 3 aliphatic rings. The van der Waals surface area contributed by atoms with Crippen LogP contribution < -0.4 is 5.73 Å². The zero-order chi connectivity index (χ0) is 17.0. The predicted molar refractivity (Wildman–Crippen MR) is 91.1 cm³/mol. The largest absolute Gasteiger partial charge is 0.381 e. The molecule has 0 aromatic rings. The molecule has 0 atom stereocenters. The van der Waals surface area contributed by atoms with Crippen molar-refractivity contribution in [3.05, 3.63) is 0 Å². The third-order valence-corrected chi connectivity index (χ3v) is 6.02. The Hall–Kier alpha value is -1.16. The average Bonchev–Trinajstić information content (AvgIpc) is 2.63. The van der Waals surface area contributed by atoms with Crippen LogP contribution in [-0.4, -0.2) is 67.7 Å². The van der Waals surface area contributed by atoms with E-state index in [0.717, 1.165) is 58.5 Å². The number of nitrogens with two attached hydrogens (primary N) is 1. The fraction of sp³-hybridized carbons (Fsp3) is 0.889. The lowest BCUT2D eigenvalue weighted by molar-refractivity contribution is -0.142. The van der Waals surface area contributed by atoms with Gasteiger partial charge in [0, 0.05) is 52.0 Å². The van der Waals surface area contributed by atoms with Crippen LogP contribution in [0.3, 0.4) is 0 Å². The molecule has 6 nitrogen and oxygen atoms in total. The van der Waals surface area contributed by atoms with Crippen LogP contribution in [0, 0.1) is 22.7 Å². The Labute approximate surface area is 144 Å². The van der Waals surface area contributed by atoms with Crippen molar-refractivity contribution >= 4 is 5.91 Å². The second-order valence-corrected chi connectivity index (χ2v) is 7.68. The molecular formula is C18H30N4O2. The lowest BCUT2D eigenvalue weighted by Crippen LogP contribution is -2.53. The summed E-state index contributed by atoms with van der Waals surface area (Å²) in [4.78, 5) is 17.2. The summed E-state index contributed by atoms with van der Waals surface area (Å²) in [5.74, 6) is 0.746. The van der Waals surface area contributed by atoms with E-state index in [0.29, 0.717) is 31.8 Å². The van der Waals surface area contributed by atoms with E-state index < -0.39 is 5.41 Å². The summed E-state index contributed by atoms with van der Waals surface area (Å²) < 4.78 is 5.42. The van der Waals surface area contributed by atoms with E-state index >= 15 is 0 Å². The molecule has 3 heterocycles. The topological polar surface area (TPSA) is 82.6 Å². The molecule has 2 N–H and O–H groups in total. The number of rotatable bonds is 3. The second-order valence-electron chi connectivity index (χ2n) is 7.68. The van der Waals surface area contributed by atoms with Crippen LogP contribution in [0.1, 0.15) is 38.5 Å². The maximum atomic E-state index is 12.9. The molecule has 3 aliphatic heterocycles. The Balaban J connectivity index is 1.53. The molecule has 0 spiro atoms. The summed E-state index contributed by atoms with van der Waals surface area (Å²) >= 11 is 0. The van der Waals surface area contributed by atoms with E-state index in [4.69, 9.17) is 10.5 Å². The monoisotopic (exact) mass is 334 g/mol. The van der Waals surface area contributed by atoms with Crippen molar-refractivity contribution in [2.45, 2.75) is 44.6 Å². The van der Waals surface area contributed by atoms with E-state index in [1.165, 1.54) is 0 Å². The summed E-state index contributed by atoms with van der Waals surface area (Å²) in [6, 6.07) is 2.58. The van der Waals surface area contributed by atoms with Gasteiger partial charge in [-0.3, -0.25) is 4.79 Å². The van der Waals surface area contributed by atoms with Crippen molar-refractivity contribution in [2.75, 3.05) is 45.9 Å². The summed E-state index contributed by atoms with van der Waals surface area (Å²) in [6.45, 7) is 5.93. The van der Waals surface area contributed by atoms with E-state index in [-0.39, 0.29) is 11.9 Å². The molecule has 0 aromatic carbocycles. The lowest BCUT2D eigenvalue weighted by atomic mass is 9.77. The number of carbonyl (C=O) groups is 1. The summed E-state index contributed by atoms with van der Waals surface area (Å²) in [6.07, 6.45) is 5.29. The van der Waals surface area contributed by atoms with Crippen molar-refractivity contribution in [1.29, 1.82) is 5.26 Å². The van der Waals surface area contributed by atoms with Crippen molar-refractivity contribution in [1.82, 2.24) is 9.80 Å². The highest BCUT2D eigenvalue weighted by molar-refractivity contribution is 5.85. The van der Waals surface area contributed by atoms with E-state index in [1.54, 1.807) is 0 Å². The second kappa shape index (κ2) is 7.81. The molecule has 0 radical (unpaired) electrons. The zero-order valence-electron chi connectivity index (χ0n) is 14.6. The summed E-state index contributed by atoms with van der Waals surface area (Å²) in [7, 11) is 0. The van der Waals surface area contributed by atoms with Crippen LogP contribution >= 0.6 is 0 Å². The zero-order valence-corrected chi connectivity index (χ0v) is 14.6. The van der Waals surface area contributed by atoms with E-state index in [9.17, 15) is 10.1 Å². The Morgan fingerprint density at radius 1 is 1.12 bits per heavy atom. The standard InChI is InChI=1S/C18H30N4O2/c19-14-18(17(23)22-7-1-16(20)2-8-22)5-9-21(10-6-18)13-15-3-11-24-12-4-15/h15-16H,1-13,20H2. The van der Waals surface area contributed by atoms with Gasteiger partial charge in [0.25, 0.3) is 0 Å². The molecule has 0 aliphatic carbocycles. The van der Waals surface area contributed by atoms with Crippen LogP contribution in [0.25, 0.3) is 0 Å². The smallest absolute Gasteiger partial charge is 0.243 e. The van der Waals surface area contributed by atoms with E-state index in [2.05, 4.69) is 11.0 Å². The van der Waals surface area contributed by atoms with Gasteiger partial charge in [-0.2, -0.15) is 5.26 Å². The Morgan fingerprint density at radius 2 is 1.75 bits per heavy atom. The maximum absolute atomic E-state index is 12.9. The first-order valence-corrected chi connectivity index (χ1v) is 9.39. The lowest BCUT2D eigenvalue weighted by Gasteiger charge is -2.41. The molecule has 3 rings (SSSR count). The van der Waals surface area contributed by atoms with Crippen LogP contribution in [0.4, 0.5) is 0 Å². The molecule has 0 saturated carbocycles. The highest BCUT2D eigenvalue weighted by Gasteiger charge is 2.44. The average molecular weight is 334 g/mol. The number of nitriles is 1. The molecule has 0 bridgehead atoms. The fourth-order valence-electron chi connectivity index (χ4n) is 4.19. The third kappa shape index (κ3) is 3.90. The number of piperidine rings is 2. The van der Waals surface area contributed by atoms with Gasteiger partial charge in [0.1, 0.15) is 5.41 Å². The molecule has 0 unspecified atom stereocenters. The van der Waals surface area contributed by atoms with Crippen LogP contribution in [0.15, 0.2) is 0 Å². The number of amides is 1. The summed E-state index contributed by atoms with van der Waals surface area (Å²) in [5.41, 5.74) is 5.12. The number of nitrogens with zero attached hydrogens (tertiary/aromatic N) is 3. The highest BCUT2D eigenvalue weighted by atomic mass is 16.5. The van der Waals surface area contributed by atoms with Gasteiger partial charge in [-0.15, -0.1) is 0 Å². The Kier molecular flexibility index (Phi) is 5.75. The first-order chi connectivity index (χ1) is 11.6. The fourth-order valence-corrected chi connectivity index (χ4v) is 4.19. The van der Waals surface area contributed by atoms with E-state index in [1.807, 2.05) is 4.90 Å². The molecule has 0 aromatic heterocycles. The molecule has 6 heteroatoms. The highest BCUT2D eigenvalue weighted by Crippen LogP contribution is 2.34. The molecule has 3 fully saturated rings. The van der Waals surface area contributed by atoms with Gasteiger partial charge in [-0.25, -0.2) is 0 Å². The normalized spacial score (nSPS) is 26.9. The van der Waals surface area contributed by atoms with Crippen molar-refractivity contribution in [3.8, 4) is 6.07 Å². The molecule has 3 saturated heterocycles. The van der Waals surface area contributed by atoms with Gasteiger partial charge in [0.2, 0.25) is 5.91 Å². The van der Waals surface area contributed by atoms with Gasteiger partial charge < -0.3 is 20.3 Å². The first-order valence-electron chi connectivity index (χ1n) is 9.39. The Morgan fingerprint density at radius 3 is 2.33 bits per heavy atom. The quantitative estimate of drug-likeness (QED) is 0.831. The number of likely N-dealkylation sites (tertiary alicyclic amines) is 2. The number of hydrogen-bond acceptors (Lipinski definition) is 5. The molecule has 24 heavy (non-hydrogen) atoms. The molecule has 134 valence electrons. The molecular weight excluding hydrogens is 304 g/mol. The van der Waals surface area contributed by atoms with Gasteiger partial charge in [-0.1, -0.05) is 0 Å². The minimum Gasteiger partial charge on any atom is -0.381 e. The van der Waals surface area contributed by atoms with Crippen molar-refractivity contribution < 1.29 is 9.53 Å². The predicted octanol–water partition coefficient (Wildman–Crippen LogP) is 0.968. The minimum absolute atomic E-state index is 0.0441. The number of hydrogen-bond donors (Lipinski definition) is 1. The Bertz CT molecular complexity index is 468. The molecule has 1 amide bonds. The van der Waals surface area contributed by atoms with Crippen molar-refractivity contribution in [3.63, 3.8) is 0 Å². The van der Waals surface area contributed by atoms with Crippen LogP contribution in [0.5, 0.6) is 0 Å². The minimum atomic E-state index is -0.812. The van der Waals surface area contributed by atoms with Gasteiger partial charge in [0.15, 0.2) is 0 Å². The van der Waals surface area contributed by atoms with Gasteiger partial charge in [-0.05, 0) is 44.4 Å². The third-order valence-electron chi connectivity index (χ3n) is 6.02. The summed E-state index contributed by atoms with van der Waals surface area (Å²) in [5, 5.41) is 9.75.